The summed E-state index contributed by atoms with van der Waals surface area (Å²) in [4.78, 5) is 0. The second-order valence-corrected chi connectivity index (χ2v) is 3.68. The van der Waals surface area contributed by atoms with E-state index in [-0.39, 0.29) is 0 Å². The summed E-state index contributed by atoms with van der Waals surface area (Å²) in [6.07, 6.45) is 0. The summed E-state index contributed by atoms with van der Waals surface area (Å²) in [7, 11) is 0. The Kier molecular flexibility index (Phi) is 3.89. The number of hydrogen-bond acceptors (Lipinski definition) is 1. The lowest BCUT2D eigenvalue weighted by molar-refractivity contribution is 0.342. The summed E-state index contributed by atoms with van der Waals surface area (Å²) in [5.41, 5.74) is 1.20. The summed E-state index contributed by atoms with van der Waals surface area (Å²) >= 11 is 8.91. The van der Waals surface area contributed by atoms with Gasteiger partial charge in [0.25, 0.3) is 0 Å². The molecule has 0 spiro atoms. The molecule has 1 rings (SSSR count). The van der Waals surface area contributed by atoms with E-state index in [9.17, 15) is 0 Å². The van der Waals surface area contributed by atoms with Crippen LogP contribution in [0.4, 0.5) is 0 Å². The van der Waals surface area contributed by atoms with E-state index in [1.54, 1.807) is 0 Å². The first-order valence-corrected chi connectivity index (χ1v) is 5.01. The predicted molar refractivity (Wildman–Crippen MR) is 55.1 cm³/mol. The van der Waals surface area contributed by atoms with Crippen molar-refractivity contribution >= 4 is 27.5 Å². The topological polar surface area (TPSA) is 9.23 Å². The molecule has 12 heavy (non-hydrogen) atoms. The van der Waals surface area contributed by atoms with Crippen molar-refractivity contribution in [1.29, 1.82) is 0 Å². The first-order valence-electron chi connectivity index (χ1n) is 3.69. The Morgan fingerprint density at radius 3 is 2.83 bits per heavy atom. The van der Waals surface area contributed by atoms with Gasteiger partial charge in [-0.2, -0.15) is 0 Å². The molecule has 0 fully saturated rings. The summed E-state index contributed by atoms with van der Waals surface area (Å²) in [6.45, 7) is 2.59. The molecular formula is C9H10BrClO. The van der Waals surface area contributed by atoms with Crippen molar-refractivity contribution in [3.8, 4) is 5.75 Å². The van der Waals surface area contributed by atoms with Crippen LogP contribution in [0.3, 0.4) is 0 Å². The molecule has 0 amide bonds. The van der Waals surface area contributed by atoms with Crippen LogP contribution in [0.2, 0.25) is 0 Å². The van der Waals surface area contributed by atoms with E-state index in [1.807, 2.05) is 25.1 Å². The Morgan fingerprint density at radius 1 is 1.50 bits per heavy atom. The van der Waals surface area contributed by atoms with Crippen LogP contribution in [0.25, 0.3) is 0 Å². The van der Waals surface area contributed by atoms with Gasteiger partial charge < -0.3 is 4.74 Å². The van der Waals surface area contributed by atoms with Crippen LogP contribution >= 0.6 is 27.5 Å². The number of hydrogen-bond donors (Lipinski definition) is 0. The molecule has 0 aliphatic rings. The molecule has 66 valence electrons. The molecule has 0 bridgehead atoms. The van der Waals surface area contributed by atoms with E-state index < -0.39 is 0 Å². The lowest BCUT2D eigenvalue weighted by Crippen LogP contribution is -1.97. The van der Waals surface area contributed by atoms with Crippen molar-refractivity contribution in [2.24, 2.45) is 0 Å². The van der Waals surface area contributed by atoms with Crippen molar-refractivity contribution < 1.29 is 4.74 Å². The predicted octanol–water partition coefficient (Wildman–Crippen LogP) is 3.38. The lowest BCUT2D eigenvalue weighted by Gasteiger charge is -2.05. The van der Waals surface area contributed by atoms with E-state index in [2.05, 4.69) is 15.9 Å². The SMILES string of the molecule is Cc1ccc(OCCCl)cc1Br. The molecule has 0 saturated carbocycles. The number of benzene rings is 1. The standard InChI is InChI=1S/C9H10BrClO/c1-7-2-3-8(6-9(7)10)12-5-4-11/h2-3,6H,4-5H2,1H3. The van der Waals surface area contributed by atoms with Gasteiger partial charge >= 0.3 is 0 Å². The van der Waals surface area contributed by atoms with Crippen LogP contribution in [-0.4, -0.2) is 12.5 Å². The molecule has 0 atom stereocenters. The third kappa shape index (κ3) is 2.68. The van der Waals surface area contributed by atoms with Gasteiger partial charge in [-0.3, -0.25) is 0 Å². The van der Waals surface area contributed by atoms with Crippen LogP contribution < -0.4 is 4.74 Å². The Bertz CT molecular complexity index is 263. The number of rotatable bonds is 3. The average molecular weight is 250 g/mol. The van der Waals surface area contributed by atoms with Gasteiger partial charge in [-0.15, -0.1) is 11.6 Å². The number of alkyl halides is 1. The highest BCUT2D eigenvalue weighted by Crippen LogP contribution is 2.22. The zero-order valence-electron chi connectivity index (χ0n) is 6.81. The van der Waals surface area contributed by atoms with E-state index in [0.29, 0.717) is 12.5 Å². The molecule has 3 heteroatoms. The second-order valence-electron chi connectivity index (χ2n) is 2.45. The molecule has 0 heterocycles. The van der Waals surface area contributed by atoms with E-state index in [1.165, 1.54) is 5.56 Å². The van der Waals surface area contributed by atoms with Crippen LogP contribution in [0.15, 0.2) is 22.7 Å². The summed E-state index contributed by atoms with van der Waals surface area (Å²) in [5, 5.41) is 0. The number of aryl methyl sites for hydroxylation is 1. The molecule has 0 aliphatic carbocycles. The van der Waals surface area contributed by atoms with E-state index >= 15 is 0 Å². The minimum atomic E-state index is 0.519. The van der Waals surface area contributed by atoms with Gasteiger partial charge in [-0.1, -0.05) is 22.0 Å². The fourth-order valence-electron chi connectivity index (χ4n) is 0.820. The molecule has 1 aromatic rings. The smallest absolute Gasteiger partial charge is 0.120 e. The third-order valence-corrected chi connectivity index (χ3v) is 2.50. The van der Waals surface area contributed by atoms with Crippen molar-refractivity contribution in [3.63, 3.8) is 0 Å². The number of ether oxygens (including phenoxy) is 1. The quantitative estimate of drug-likeness (QED) is 0.746. The Hall–Kier alpha value is -0.210. The highest BCUT2D eigenvalue weighted by atomic mass is 79.9. The monoisotopic (exact) mass is 248 g/mol. The minimum Gasteiger partial charge on any atom is -0.492 e. The zero-order valence-corrected chi connectivity index (χ0v) is 9.15. The van der Waals surface area contributed by atoms with Gasteiger partial charge in [-0.05, 0) is 24.6 Å². The zero-order chi connectivity index (χ0) is 8.97. The van der Waals surface area contributed by atoms with Crippen LogP contribution in [0.5, 0.6) is 5.75 Å². The van der Waals surface area contributed by atoms with E-state index in [4.69, 9.17) is 16.3 Å². The van der Waals surface area contributed by atoms with Gasteiger partial charge in [0.15, 0.2) is 0 Å². The maximum Gasteiger partial charge on any atom is 0.120 e. The average Bonchev–Trinajstić information content (AvgIpc) is 2.07. The molecular weight excluding hydrogens is 239 g/mol. The fraction of sp³-hybridized carbons (Fsp3) is 0.333. The van der Waals surface area contributed by atoms with Crippen molar-refractivity contribution in [1.82, 2.24) is 0 Å². The summed E-state index contributed by atoms with van der Waals surface area (Å²) in [5.74, 6) is 1.37. The largest absolute Gasteiger partial charge is 0.492 e. The lowest BCUT2D eigenvalue weighted by atomic mass is 10.2. The summed E-state index contributed by atoms with van der Waals surface area (Å²) < 4.78 is 6.39. The highest BCUT2D eigenvalue weighted by Gasteiger charge is 1.97. The highest BCUT2D eigenvalue weighted by molar-refractivity contribution is 9.10. The number of halogens is 2. The normalized spacial score (nSPS) is 9.92. The first kappa shape index (κ1) is 9.87. The maximum absolute atomic E-state index is 5.49. The molecule has 0 radical (unpaired) electrons. The molecule has 0 aromatic heterocycles. The second kappa shape index (κ2) is 4.73. The molecule has 1 aromatic carbocycles. The Balaban J connectivity index is 2.69. The van der Waals surface area contributed by atoms with Crippen LogP contribution in [0, 0.1) is 6.92 Å². The van der Waals surface area contributed by atoms with Gasteiger partial charge in [-0.25, -0.2) is 0 Å². The molecule has 0 saturated heterocycles. The molecule has 0 N–H and O–H groups in total. The Labute approximate surface area is 85.8 Å². The van der Waals surface area contributed by atoms with Gasteiger partial charge in [0, 0.05) is 4.47 Å². The van der Waals surface area contributed by atoms with Crippen molar-refractivity contribution in [3.05, 3.63) is 28.2 Å². The Morgan fingerprint density at radius 2 is 2.25 bits per heavy atom. The van der Waals surface area contributed by atoms with Gasteiger partial charge in [0.05, 0.1) is 5.88 Å². The fourth-order valence-corrected chi connectivity index (χ4v) is 1.25. The van der Waals surface area contributed by atoms with Crippen molar-refractivity contribution in [2.75, 3.05) is 12.5 Å². The summed E-state index contributed by atoms with van der Waals surface area (Å²) in [6, 6.07) is 5.89. The van der Waals surface area contributed by atoms with Crippen molar-refractivity contribution in [2.45, 2.75) is 6.92 Å². The van der Waals surface area contributed by atoms with Crippen LogP contribution in [0.1, 0.15) is 5.56 Å². The van der Waals surface area contributed by atoms with Gasteiger partial charge in [0.1, 0.15) is 12.4 Å². The van der Waals surface area contributed by atoms with E-state index in [0.717, 1.165) is 10.2 Å². The first-order chi connectivity index (χ1) is 5.74. The third-order valence-electron chi connectivity index (χ3n) is 1.49. The minimum absolute atomic E-state index is 0.519. The van der Waals surface area contributed by atoms with Gasteiger partial charge in [0.2, 0.25) is 0 Å². The maximum atomic E-state index is 5.49. The molecule has 0 aliphatic heterocycles. The van der Waals surface area contributed by atoms with Crippen LogP contribution in [-0.2, 0) is 0 Å². The molecule has 0 unspecified atom stereocenters. The molecule has 1 nitrogen and oxygen atoms in total.